The SMILES string of the molecule is COc1ccc([C@H]2CCCN2S(=O)(=O)[C@@H]2C[C@H]3CC[C@H]2C3)cc1OC. The summed E-state index contributed by atoms with van der Waals surface area (Å²) in [4.78, 5) is 0. The molecule has 5 nitrogen and oxygen atoms in total. The van der Waals surface area contributed by atoms with Crippen molar-refractivity contribution in [1.29, 1.82) is 0 Å². The molecule has 6 heteroatoms. The van der Waals surface area contributed by atoms with Gasteiger partial charge in [-0.3, -0.25) is 0 Å². The quantitative estimate of drug-likeness (QED) is 0.803. The Morgan fingerprint density at radius 1 is 1.04 bits per heavy atom. The van der Waals surface area contributed by atoms with E-state index >= 15 is 0 Å². The molecule has 0 unspecified atom stereocenters. The van der Waals surface area contributed by atoms with Gasteiger partial charge >= 0.3 is 0 Å². The molecule has 0 spiro atoms. The molecule has 2 aliphatic carbocycles. The second kappa shape index (κ2) is 6.47. The topological polar surface area (TPSA) is 55.8 Å². The van der Waals surface area contributed by atoms with E-state index < -0.39 is 10.0 Å². The zero-order valence-corrected chi connectivity index (χ0v) is 15.8. The van der Waals surface area contributed by atoms with Crippen LogP contribution in [0.3, 0.4) is 0 Å². The molecule has 2 saturated carbocycles. The smallest absolute Gasteiger partial charge is 0.217 e. The van der Waals surface area contributed by atoms with Gasteiger partial charge in [-0.15, -0.1) is 0 Å². The van der Waals surface area contributed by atoms with Gasteiger partial charge in [0, 0.05) is 12.6 Å². The van der Waals surface area contributed by atoms with E-state index in [-0.39, 0.29) is 11.3 Å². The van der Waals surface area contributed by atoms with Crippen LogP contribution in [0.15, 0.2) is 18.2 Å². The highest BCUT2D eigenvalue weighted by atomic mass is 32.2. The van der Waals surface area contributed by atoms with E-state index in [1.54, 1.807) is 18.5 Å². The molecular weight excluding hydrogens is 338 g/mol. The lowest BCUT2D eigenvalue weighted by molar-refractivity contribution is 0.349. The van der Waals surface area contributed by atoms with Crippen molar-refractivity contribution in [3.8, 4) is 11.5 Å². The van der Waals surface area contributed by atoms with Gasteiger partial charge in [0.2, 0.25) is 10.0 Å². The molecule has 1 aromatic rings. The van der Waals surface area contributed by atoms with Gasteiger partial charge in [-0.25, -0.2) is 8.42 Å². The van der Waals surface area contributed by atoms with E-state index in [1.807, 2.05) is 18.2 Å². The van der Waals surface area contributed by atoms with Crippen LogP contribution < -0.4 is 9.47 Å². The number of sulfonamides is 1. The van der Waals surface area contributed by atoms with Gasteiger partial charge in [-0.2, -0.15) is 4.31 Å². The van der Waals surface area contributed by atoms with E-state index in [0.717, 1.165) is 37.7 Å². The molecule has 4 atom stereocenters. The predicted molar refractivity (Wildman–Crippen MR) is 96.4 cm³/mol. The summed E-state index contributed by atoms with van der Waals surface area (Å²) in [5.41, 5.74) is 1.00. The lowest BCUT2D eigenvalue weighted by Crippen LogP contribution is -2.40. The van der Waals surface area contributed by atoms with Crippen LogP contribution in [0.5, 0.6) is 11.5 Å². The molecule has 0 aromatic heterocycles. The zero-order chi connectivity index (χ0) is 17.6. The van der Waals surface area contributed by atoms with Crippen molar-refractivity contribution >= 4 is 10.0 Å². The maximum absolute atomic E-state index is 13.4. The number of benzene rings is 1. The summed E-state index contributed by atoms with van der Waals surface area (Å²) in [6.45, 7) is 0.634. The first-order valence-electron chi connectivity index (χ1n) is 9.27. The van der Waals surface area contributed by atoms with Gasteiger partial charge in [-0.1, -0.05) is 12.5 Å². The highest BCUT2D eigenvalue weighted by Gasteiger charge is 2.50. The third-order valence-electron chi connectivity index (χ3n) is 6.38. The molecule has 1 heterocycles. The molecule has 0 radical (unpaired) electrons. The molecule has 25 heavy (non-hydrogen) atoms. The monoisotopic (exact) mass is 365 g/mol. The molecule has 3 fully saturated rings. The van der Waals surface area contributed by atoms with Crippen LogP contribution in [0.2, 0.25) is 0 Å². The first-order valence-corrected chi connectivity index (χ1v) is 10.8. The number of rotatable bonds is 5. The van der Waals surface area contributed by atoms with E-state index in [2.05, 4.69) is 0 Å². The molecule has 1 aliphatic heterocycles. The number of nitrogens with zero attached hydrogens (tertiary/aromatic N) is 1. The van der Waals surface area contributed by atoms with Crippen molar-refractivity contribution in [1.82, 2.24) is 4.31 Å². The second-order valence-corrected chi connectivity index (χ2v) is 9.75. The normalized spacial score (nSPS) is 32.2. The van der Waals surface area contributed by atoms with Crippen LogP contribution in [0.1, 0.15) is 50.1 Å². The van der Waals surface area contributed by atoms with Gasteiger partial charge < -0.3 is 9.47 Å². The van der Waals surface area contributed by atoms with Crippen LogP contribution in [-0.4, -0.2) is 38.7 Å². The van der Waals surface area contributed by atoms with E-state index in [0.29, 0.717) is 29.9 Å². The van der Waals surface area contributed by atoms with Gasteiger partial charge in [0.25, 0.3) is 0 Å². The second-order valence-electron chi connectivity index (χ2n) is 7.64. The predicted octanol–water partition coefficient (Wildman–Crippen LogP) is 3.36. The number of hydrogen-bond donors (Lipinski definition) is 0. The molecule has 0 amide bonds. The number of hydrogen-bond acceptors (Lipinski definition) is 4. The van der Waals surface area contributed by atoms with E-state index in [1.165, 1.54) is 6.42 Å². The minimum absolute atomic E-state index is 0.0797. The van der Waals surface area contributed by atoms with Crippen molar-refractivity contribution in [3.05, 3.63) is 23.8 Å². The summed E-state index contributed by atoms with van der Waals surface area (Å²) < 4.78 is 39.2. The van der Waals surface area contributed by atoms with Gasteiger partial charge in [0.15, 0.2) is 11.5 Å². The molecule has 0 N–H and O–H groups in total. The fourth-order valence-corrected chi connectivity index (χ4v) is 7.73. The lowest BCUT2D eigenvalue weighted by Gasteiger charge is -2.31. The van der Waals surface area contributed by atoms with Gasteiger partial charge in [-0.05, 0) is 61.6 Å². The van der Waals surface area contributed by atoms with Crippen molar-refractivity contribution in [2.45, 2.75) is 49.8 Å². The average Bonchev–Trinajstić information content (AvgIpc) is 3.37. The minimum Gasteiger partial charge on any atom is -0.493 e. The molecule has 1 aromatic carbocycles. The minimum atomic E-state index is -3.24. The fourth-order valence-electron chi connectivity index (χ4n) is 5.16. The molecule has 1 saturated heterocycles. The third-order valence-corrected chi connectivity index (χ3v) is 8.81. The average molecular weight is 365 g/mol. The number of methoxy groups -OCH3 is 2. The summed E-state index contributed by atoms with van der Waals surface area (Å²) in [6.07, 6.45) is 6.06. The zero-order valence-electron chi connectivity index (χ0n) is 15.0. The summed E-state index contributed by atoms with van der Waals surface area (Å²) in [5, 5.41) is -0.160. The lowest BCUT2D eigenvalue weighted by atomic mass is 10.0. The van der Waals surface area contributed by atoms with Crippen LogP contribution >= 0.6 is 0 Å². The summed E-state index contributed by atoms with van der Waals surface area (Å²) >= 11 is 0. The van der Waals surface area contributed by atoms with Gasteiger partial charge in [0.1, 0.15) is 0 Å². The van der Waals surface area contributed by atoms with Crippen molar-refractivity contribution in [2.75, 3.05) is 20.8 Å². The summed E-state index contributed by atoms with van der Waals surface area (Å²) in [5.74, 6) is 2.34. The molecule has 138 valence electrons. The van der Waals surface area contributed by atoms with Crippen molar-refractivity contribution in [3.63, 3.8) is 0 Å². The number of fused-ring (bicyclic) bond motifs is 2. The van der Waals surface area contributed by atoms with E-state index in [4.69, 9.17) is 9.47 Å². The summed E-state index contributed by atoms with van der Waals surface area (Å²) in [6, 6.07) is 5.69. The Morgan fingerprint density at radius 3 is 2.48 bits per heavy atom. The highest BCUT2D eigenvalue weighted by Crippen LogP contribution is 2.50. The third kappa shape index (κ3) is 2.83. The first kappa shape index (κ1) is 17.2. The van der Waals surface area contributed by atoms with Crippen molar-refractivity contribution < 1.29 is 17.9 Å². The van der Waals surface area contributed by atoms with Crippen LogP contribution in [0.4, 0.5) is 0 Å². The van der Waals surface area contributed by atoms with Crippen molar-refractivity contribution in [2.24, 2.45) is 11.8 Å². The molecule has 3 aliphatic rings. The van der Waals surface area contributed by atoms with Gasteiger partial charge in [0.05, 0.1) is 19.5 Å². The largest absolute Gasteiger partial charge is 0.493 e. The van der Waals surface area contributed by atoms with Crippen LogP contribution in [-0.2, 0) is 10.0 Å². The van der Waals surface area contributed by atoms with Crippen LogP contribution in [0, 0.1) is 11.8 Å². The molecule has 2 bridgehead atoms. The number of ether oxygens (including phenoxy) is 2. The highest BCUT2D eigenvalue weighted by molar-refractivity contribution is 7.89. The summed E-state index contributed by atoms with van der Waals surface area (Å²) in [7, 11) is -0.0193. The van der Waals surface area contributed by atoms with E-state index in [9.17, 15) is 8.42 Å². The Bertz CT molecular complexity index is 748. The molecule has 4 rings (SSSR count). The Balaban J connectivity index is 1.62. The standard InChI is InChI=1S/C19H27NO4S/c1-23-17-8-7-14(12-18(17)24-2)16-4-3-9-20(16)25(21,22)19-11-13-5-6-15(19)10-13/h7-8,12-13,15-16,19H,3-6,9-11H2,1-2H3/t13-,15-,16+,19+/m0/s1. The van der Waals surface area contributed by atoms with Crippen LogP contribution in [0.25, 0.3) is 0 Å². The molecular formula is C19H27NO4S. The Hall–Kier alpha value is -1.27. The fraction of sp³-hybridized carbons (Fsp3) is 0.684. The first-order chi connectivity index (χ1) is 12.0. The Labute approximate surface area is 150 Å². The Morgan fingerprint density at radius 2 is 1.84 bits per heavy atom. The maximum Gasteiger partial charge on any atom is 0.217 e. The Kier molecular flexibility index (Phi) is 4.44. The maximum atomic E-state index is 13.4.